The Balaban J connectivity index is 1.81. The first-order valence-corrected chi connectivity index (χ1v) is 7.58. The van der Waals surface area contributed by atoms with Crippen LogP contribution < -0.4 is 16.0 Å². The fourth-order valence-electron chi connectivity index (χ4n) is 2.70. The SMILES string of the molecule is O=C1NCCCCC1NC1C(=O)Nc2cc(Br)ccc21. The number of amides is 2. The first-order valence-electron chi connectivity index (χ1n) is 6.79. The van der Waals surface area contributed by atoms with E-state index < -0.39 is 6.04 Å². The van der Waals surface area contributed by atoms with Crippen molar-refractivity contribution in [1.82, 2.24) is 10.6 Å². The lowest BCUT2D eigenvalue weighted by atomic mass is 10.0. The second-order valence-corrected chi connectivity index (χ2v) is 6.08. The number of anilines is 1. The molecule has 6 heteroatoms. The molecule has 3 N–H and O–H groups in total. The zero-order valence-corrected chi connectivity index (χ0v) is 12.5. The smallest absolute Gasteiger partial charge is 0.246 e. The molecular formula is C14H16BrN3O2. The molecule has 0 bridgehead atoms. The van der Waals surface area contributed by atoms with Crippen molar-refractivity contribution in [2.75, 3.05) is 11.9 Å². The first-order chi connectivity index (χ1) is 9.65. The Morgan fingerprint density at radius 2 is 2.05 bits per heavy atom. The van der Waals surface area contributed by atoms with Gasteiger partial charge in [-0.2, -0.15) is 0 Å². The van der Waals surface area contributed by atoms with Gasteiger partial charge in [0.15, 0.2) is 0 Å². The van der Waals surface area contributed by atoms with Gasteiger partial charge in [0.05, 0.1) is 6.04 Å². The van der Waals surface area contributed by atoms with Crippen molar-refractivity contribution in [3.8, 4) is 0 Å². The van der Waals surface area contributed by atoms with Gasteiger partial charge in [0, 0.05) is 22.3 Å². The molecule has 1 saturated heterocycles. The number of carbonyl (C=O) groups is 2. The summed E-state index contributed by atoms with van der Waals surface area (Å²) >= 11 is 3.39. The van der Waals surface area contributed by atoms with Gasteiger partial charge in [0.25, 0.3) is 0 Å². The molecule has 0 spiro atoms. The van der Waals surface area contributed by atoms with Crippen LogP contribution in [-0.4, -0.2) is 24.4 Å². The van der Waals surface area contributed by atoms with E-state index in [1.165, 1.54) is 0 Å². The summed E-state index contributed by atoms with van der Waals surface area (Å²) in [5, 5.41) is 8.91. The lowest BCUT2D eigenvalue weighted by Crippen LogP contribution is -2.45. The summed E-state index contributed by atoms with van der Waals surface area (Å²) in [6.07, 6.45) is 2.74. The van der Waals surface area contributed by atoms with Crippen molar-refractivity contribution in [3.63, 3.8) is 0 Å². The van der Waals surface area contributed by atoms with Crippen LogP contribution >= 0.6 is 15.9 Å². The highest BCUT2D eigenvalue weighted by Gasteiger charge is 2.34. The van der Waals surface area contributed by atoms with Crippen LogP contribution in [0.5, 0.6) is 0 Å². The highest BCUT2D eigenvalue weighted by Crippen LogP contribution is 2.33. The van der Waals surface area contributed by atoms with Crippen molar-refractivity contribution in [2.24, 2.45) is 0 Å². The standard InChI is InChI=1S/C14H16BrN3O2/c15-8-4-5-9-11(7-8)18-14(20)12(9)17-10-3-1-2-6-16-13(10)19/h4-5,7,10,12,17H,1-3,6H2,(H,16,19)(H,18,20). The predicted molar refractivity (Wildman–Crippen MR) is 79.3 cm³/mol. The Kier molecular flexibility index (Phi) is 3.76. The van der Waals surface area contributed by atoms with E-state index in [1.807, 2.05) is 18.2 Å². The second-order valence-electron chi connectivity index (χ2n) is 5.16. The van der Waals surface area contributed by atoms with Crippen LogP contribution in [0.4, 0.5) is 5.69 Å². The second kappa shape index (κ2) is 5.54. The molecule has 2 aliphatic heterocycles. The van der Waals surface area contributed by atoms with E-state index in [0.717, 1.165) is 41.5 Å². The molecule has 2 amide bonds. The van der Waals surface area contributed by atoms with Gasteiger partial charge in [-0.05, 0) is 31.4 Å². The van der Waals surface area contributed by atoms with E-state index >= 15 is 0 Å². The molecule has 2 atom stereocenters. The Labute approximate surface area is 125 Å². The minimum absolute atomic E-state index is 0.0131. The summed E-state index contributed by atoms with van der Waals surface area (Å²) in [4.78, 5) is 24.1. The van der Waals surface area contributed by atoms with Gasteiger partial charge in [-0.3, -0.25) is 14.9 Å². The van der Waals surface area contributed by atoms with Crippen molar-refractivity contribution in [2.45, 2.75) is 31.3 Å². The van der Waals surface area contributed by atoms with Crippen LogP contribution in [0.1, 0.15) is 30.9 Å². The maximum absolute atomic E-state index is 12.1. The van der Waals surface area contributed by atoms with E-state index in [2.05, 4.69) is 31.9 Å². The van der Waals surface area contributed by atoms with Crippen LogP contribution in [0.25, 0.3) is 0 Å². The van der Waals surface area contributed by atoms with Crippen molar-refractivity contribution in [3.05, 3.63) is 28.2 Å². The van der Waals surface area contributed by atoms with Crippen molar-refractivity contribution >= 4 is 33.4 Å². The number of fused-ring (bicyclic) bond motifs is 1. The molecule has 5 nitrogen and oxygen atoms in total. The summed E-state index contributed by atoms with van der Waals surface area (Å²) in [5.41, 5.74) is 1.70. The Hall–Kier alpha value is -1.40. The average molecular weight is 338 g/mol. The fraction of sp³-hybridized carbons (Fsp3) is 0.429. The number of hydrogen-bond donors (Lipinski definition) is 3. The topological polar surface area (TPSA) is 70.2 Å². The van der Waals surface area contributed by atoms with Gasteiger partial charge >= 0.3 is 0 Å². The number of carbonyl (C=O) groups excluding carboxylic acids is 2. The van der Waals surface area contributed by atoms with Crippen LogP contribution in [0, 0.1) is 0 Å². The van der Waals surface area contributed by atoms with Gasteiger partial charge in [-0.15, -0.1) is 0 Å². The molecule has 2 unspecified atom stereocenters. The summed E-state index contributed by atoms with van der Waals surface area (Å²) in [6, 6.07) is 4.93. The van der Waals surface area contributed by atoms with Gasteiger partial charge in [-0.1, -0.05) is 22.0 Å². The van der Waals surface area contributed by atoms with Crippen LogP contribution in [0.15, 0.2) is 22.7 Å². The quantitative estimate of drug-likeness (QED) is 0.769. The predicted octanol–water partition coefficient (Wildman–Crippen LogP) is 1.70. The Morgan fingerprint density at radius 3 is 2.90 bits per heavy atom. The van der Waals surface area contributed by atoms with Crippen molar-refractivity contribution < 1.29 is 9.59 Å². The maximum atomic E-state index is 12.1. The minimum Gasteiger partial charge on any atom is -0.355 e. The van der Waals surface area contributed by atoms with E-state index in [9.17, 15) is 9.59 Å². The van der Waals surface area contributed by atoms with E-state index in [1.54, 1.807) is 0 Å². The molecular weight excluding hydrogens is 322 g/mol. The summed E-state index contributed by atoms with van der Waals surface area (Å²) in [5.74, 6) is -0.115. The molecule has 1 aromatic carbocycles. The molecule has 3 rings (SSSR count). The molecule has 0 aromatic heterocycles. The van der Waals surface area contributed by atoms with E-state index in [-0.39, 0.29) is 17.9 Å². The molecule has 0 radical (unpaired) electrons. The lowest BCUT2D eigenvalue weighted by Gasteiger charge is -2.19. The number of rotatable bonds is 2. The van der Waals surface area contributed by atoms with Crippen LogP contribution in [-0.2, 0) is 9.59 Å². The first kappa shape index (κ1) is 13.6. The molecule has 106 valence electrons. The third-order valence-electron chi connectivity index (χ3n) is 3.75. The van der Waals surface area contributed by atoms with E-state index in [4.69, 9.17) is 0 Å². The van der Waals surface area contributed by atoms with Crippen molar-refractivity contribution in [1.29, 1.82) is 0 Å². The highest BCUT2D eigenvalue weighted by molar-refractivity contribution is 9.10. The van der Waals surface area contributed by atoms with Gasteiger partial charge in [0.1, 0.15) is 6.04 Å². The normalized spacial score (nSPS) is 25.6. The summed E-state index contributed by atoms with van der Waals surface area (Å²) in [6.45, 7) is 0.720. The monoisotopic (exact) mass is 337 g/mol. The molecule has 1 aromatic rings. The number of hydrogen-bond acceptors (Lipinski definition) is 3. The van der Waals surface area contributed by atoms with E-state index in [0.29, 0.717) is 0 Å². The molecule has 0 saturated carbocycles. The number of benzene rings is 1. The van der Waals surface area contributed by atoms with Gasteiger partial charge in [0.2, 0.25) is 11.8 Å². The third-order valence-corrected chi connectivity index (χ3v) is 4.24. The molecule has 0 aliphatic carbocycles. The van der Waals surface area contributed by atoms with Gasteiger partial charge in [-0.25, -0.2) is 0 Å². The fourth-order valence-corrected chi connectivity index (χ4v) is 3.06. The molecule has 1 fully saturated rings. The molecule has 2 aliphatic rings. The molecule has 2 heterocycles. The minimum atomic E-state index is -0.452. The Morgan fingerprint density at radius 1 is 1.20 bits per heavy atom. The molecule has 20 heavy (non-hydrogen) atoms. The summed E-state index contributed by atoms with van der Waals surface area (Å²) < 4.78 is 0.921. The zero-order chi connectivity index (χ0) is 14.1. The zero-order valence-electron chi connectivity index (χ0n) is 10.9. The number of nitrogens with one attached hydrogen (secondary N) is 3. The van der Waals surface area contributed by atoms with Crippen LogP contribution in [0.3, 0.4) is 0 Å². The highest BCUT2D eigenvalue weighted by atomic mass is 79.9. The van der Waals surface area contributed by atoms with Crippen LogP contribution in [0.2, 0.25) is 0 Å². The Bertz CT molecular complexity index is 561. The third kappa shape index (κ3) is 2.58. The number of halogens is 1. The lowest BCUT2D eigenvalue weighted by molar-refractivity contribution is -0.123. The van der Waals surface area contributed by atoms with Gasteiger partial charge < -0.3 is 10.6 Å². The largest absolute Gasteiger partial charge is 0.355 e. The average Bonchev–Trinajstić information content (AvgIpc) is 2.57. The summed E-state index contributed by atoms with van der Waals surface area (Å²) in [7, 11) is 0. The maximum Gasteiger partial charge on any atom is 0.246 e.